The van der Waals surface area contributed by atoms with Crippen molar-refractivity contribution in [3.05, 3.63) is 94.6 Å². The number of aryl methyl sites for hydroxylation is 4. The van der Waals surface area contributed by atoms with Crippen LogP contribution in [0.5, 0.6) is 23.5 Å². The molecule has 196 valence electrons. The Balaban J connectivity index is 1.63. The Morgan fingerprint density at radius 1 is 0.658 bits per heavy atom. The van der Waals surface area contributed by atoms with E-state index in [2.05, 4.69) is 51.8 Å². The van der Waals surface area contributed by atoms with Crippen LogP contribution in [0.4, 0.5) is 0 Å². The number of alkyl halides is 2. The molecule has 0 aliphatic heterocycles. The summed E-state index contributed by atoms with van der Waals surface area (Å²) < 4.78 is 11.7. The molecule has 0 bridgehead atoms. The summed E-state index contributed by atoms with van der Waals surface area (Å²) in [6.07, 6.45) is 6.53. The fourth-order valence-corrected chi connectivity index (χ4v) is 6.09. The average molecular weight is 640 g/mol. The van der Waals surface area contributed by atoms with E-state index in [1.165, 1.54) is 0 Å². The summed E-state index contributed by atoms with van der Waals surface area (Å²) in [6.45, 7) is 8.01. The van der Waals surface area contributed by atoms with Gasteiger partial charge >= 0.3 is 12.0 Å². The smallest absolute Gasteiger partial charge is 0.321 e. The maximum absolute atomic E-state index is 14.1. The van der Waals surface area contributed by atoms with Crippen LogP contribution in [0.25, 0.3) is 0 Å². The van der Waals surface area contributed by atoms with Gasteiger partial charge in [-0.25, -0.2) is 19.9 Å². The van der Waals surface area contributed by atoms with Crippen molar-refractivity contribution >= 4 is 37.6 Å². The molecule has 2 atom stereocenters. The second kappa shape index (κ2) is 12.6. The number of ketones is 1. The Hall–Kier alpha value is -3.17. The Morgan fingerprint density at radius 2 is 0.974 bits per heavy atom. The highest BCUT2D eigenvalue weighted by Gasteiger charge is 2.32. The van der Waals surface area contributed by atoms with E-state index in [-0.39, 0.29) is 29.6 Å². The minimum absolute atomic E-state index is 0.135. The lowest BCUT2D eigenvalue weighted by Gasteiger charge is -2.26. The van der Waals surface area contributed by atoms with Crippen LogP contribution in [0.2, 0.25) is 0 Å². The van der Waals surface area contributed by atoms with Gasteiger partial charge in [-0.2, -0.15) is 0 Å². The maximum Gasteiger partial charge on any atom is 0.321 e. The predicted octanol–water partition coefficient (Wildman–Crippen LogP) is 7.31. The third kappa shape index (κ3) is 6.27. The molecule has 2 heterocycles. The van der Waals surface area contributed by atoms with Gasteiger partial charge < -0.3 is 9.47 Å². The van der Waals surface area contributed by atoms with Gasteiger partial charge in [0.2, 0.25) is 0 Å². The molecule has 0 spiro atoms. The largest absolute Gasteiger partial charge is 0.424 e. The van der Waals surface area contributed by atoms with Crippen LogP contribution in [0, 0.1) is 27.7 Å². The summed E-state index contributed by atoms with van der Waals surface area (Å²) in [5, 5.41) is 1.01. The van der Waals surface area contributed by atoms with Crippen molar-refractivity contribution in [2.75, 3.05) is 10.7 Å². The van der Waals surface area contributed by atoms with Crippen LogP contribution in [-0.4, -0.2) is 36.4 Å². The molecule has 0 saturated heterocycles. The number of benzene rings is 2. The van der Waals surface area contributed by atoms with Crippen LogP contribution < -0.4 is 9.47 Å². The zero-order chi connectivity index (χ0) is 27.2. The van der Waals surface area contributed by atoms with Gasteiger partial charge in [0, 0.05) is 35.4 Å². The number of ether oxygens (including phenoxy) is 2. The summed E-state index contributed by atoms with van der Waals surface area (Å²) in [5.74, 6) is 0.727. The molecule has 0 aliphatic carbocycles. The number of nitrogens with zero attached hydrogens (tertiary/aromatic N) is 4. The third-order valence-electron chi connectivity index (χ3n) is 6.33. The number of rotatable bonds is 10. The number of Topliss-reactive ketones (excluding diaryl/α,β-unsaturated/α-hetero) is 1. The molecule has 0 radical (unpaired) electrons. The number of hydrogen-bond acceptors (Lipinski definition) is 7. The van der Waals surface area contributed by atoms with Crippen molar-refractivity contribution in [1.82, 2.24) is 19.9 Å². The number of aromatic nitrogens is 4. The first-order chi connectivity index (χ1) is 18.3. The minimum Gasteiger partial charge on any atom is -0.424 e. The van der Waals surface area contributed by atoms with Crippen LogP contribution in [0.1, 0.15) is 45.2 Å². The molecule has 2 unspecified atom stereocenters. The summed E-state index contributed by atoms with van der Waals surface area (Å²) in [4.78, 5) is 30.6. The van der Waals surface area contributed by atoms with Crippen LogP contribution in [0.15, 0.2) is 61.2 Å². The van der Waals surface area contributed by atoms with Crippen molar-refractivity contribution < 1.29 is 14.3 Å². The molecule has 4 aromatic rings. The van der Waals surface area contributed by atoms with Crippen LogP contribution >= 0.6 is 31.9 Å². The molecule has 0 fully saturated rings. The number of halogens is 2. The van der Waals surface area contributed by atoms with Crippen LogP contribution in [-0.2, 0) is 4.79 Å². The summed E-state index contributed by atoms with van der Waals surface area (Å²) in [6, 6.07) is 11.8. The van der Waals surface area contributed by atoms with Crippen LogP contribution in [0.3, 0.4) is 0 Å². The second-order valence-corrected chi connectivity index (χ2v) is 10.3. The summed E-state index contributed by atoms with van der Waals surface area (Å²) in [5.41, 5.74) is 5.89. The van der Waals surface area contributed by atoms with Gasteiger partial charge in [-0.3, -0.25) is 4.79 Å². The summed E-state index contributed by atoms with van der Waals surface area (Å²) >= 11 is 7.26. The molecule has 2 aromatic carbocycles. The molecule has 0 amide bonds. The normalized spacial score (nSPS) is 12.6. The molecule has 9 heteroatoms. The topological polar surface area (TPSA) is 87.1 Å². The summed E-state index contributed by atoms with van der Waals surface area (Å²) in [7, 11) is 0. The average Bonchev–Trinajstić information content (AvgIpc) is 2.89. The first kappa shape index (κ1) is 27.9. The molecule has 2 aromatic heterocycles. The first-order valence-corrected chi connectivity index (χ1v) is 14.3. The molecule has 0 N–H and O–H groups in total. The number of carbonyl (C=O) groups is 1. The molecule has 38 heavy (non-hydrogen) atoms. The van der Waals surface area contributed by atoms with E-state index in [1.807, 2.05) is 52.0 Å². The van der Waals surface area contributed by atoms with Gasteiger partial charge in [-0.05, 0) is 97.5 Å². The van der Waals surface area contributed by atoms with Gasteiger partial charge in [0.25, 0.3) is 0 Å². The fraction of sp³-hybridized carbons (Fsp3) is 0.276. The Labute approximate surface area is 239 Å². The van der Waals surface area contributed by atoms with E-state index in [4.69, 9.17) is 9.47 Å². The Morgan fingerprint density at radius 3 is 1.26 bits per heavy atom. The molecule has 0 aliphatic rings. The van der Waals surface area contributed by atoms with Crippen molar-refractivity contribution in [2.24, 2.45) is 0 Å². The standard InChI is InChI=1S/C29H28Br2N4O3/c1-17-11-21(37-28-32-7-5-8-33-28)12-18(2)25(17)23(15-30)27(36)24(16-31)26-19(3)13-22(14-20(26)4)38-29-34-9-6-10-35-29/h5-14,23-24H,15-16H2,1-4H3. The zero-order valence-corrected chi connectivity index (χ0v) is 24.8. The van der Waals surface area contributed by atoms with Crippen molar-refractivity contribution in [1.29, 1.82) is 0 Å². The predicted molar refractivity (Wildman–Crippen MR) is 154 cm³/mol. The third-order valence-corrected chi connectivity index (χ3v) is 7.62. The lowest BCUT2D eigenvalue weighted by Crippen LogP contribution is -2.25. The fourth-order valence-electron chi connectivity index (χ4n) is 4.81. The van der Waals surface area contributed by atoms with E-state index < -0.39 is 0 Å². The molecular weight excluding hydrogens is 612 g/mol. The minimum atomic E-state index is -0.341. The maximum atomic E-state index is 14.1. The second-order valence-electron chi connectivity index (χ2n) is 9.02. The highest BCUT2D eigenvalue weighted by Crippen LogP contribution is 2.38. The van der Waals surface area contributed by atoms with Gasteiger partial charge in [0.15, 0.2) is 0 Å². The van der Waals surface area contributed by atoms with Gasteiger partial charge in [0.1, 0.15) is 17.3 Å². The lowest BCUT2D eigenvalue weighted by atomic mass is 9.80. The number of hydrogen-bond donors (Lipinski definition) is 0. The quantitative estimate of drug-likeness (QED) is 0.168. The van der Waals surface area contributed by atoms with Crippen molar-refractivity contribution in [3.63, 3.8) is 0 Å². The highest BCUT2D eigenvalue weighted by atomic mass is 79.9. The van der Waals surface area contributed by atoms with Crippen molar-refractivity contribution in [3.8, 4) is 23.5 Å². The molecule has 7 nitrogen and oxygen atoms in total. The van der Waals surface area contributed by atoms with Gasteiger partial charge in [0.05, 0.1) is 11.8 Å². The highest BCUT2D eigenvalue weighted by molar-refractivity contribution is 9.09. The van der Waals surface area contributed by atoms with E-state index in [1.54, 1.807) is 36.9 Å². The van der Waals surface area contributed by atoms with E-state index in [0.717, 1.165) is 33.4 Å². The molecule has 4 rings (SSSR count). The van der Waals surface area contributed by atoms with Gasteiger partial charge in [-0.1, -0.05) is 31.9 Å². The van der Waals surface area contributed by atoms with E-state index in [0.29, 0.717) is 22.2 Å². The number of carbonyl (C=O) groups excluding carboxylic acids is 1. The van der Waals surface area contributed by atoms with Gasteiger partial charge in [-0.15, -0.1) is 0 Å². The molecular formula is C29H28Br2N4O3. The molecule has 0 saturated carbocycles. The Bertz CT molecular complexity index is 1270. The van der Waals surface area contributed by atoms with Crippen molar-refractivity contribution in [2.45, 2.75) is 39.5 Å². The van der Waals surface area contributed by atoms with E-state index >= 15 is 0 Å². The zero-order valence-electron chi connectivity index (χ0n) is 21.6. The SMILES string of the molecule is Cc1cc(Oc2ncccn2)cc(C)c1C(CBr)C(=O)C(CBr)c1c(C)cc(Oc2ncccn2)cc1C. The lowest BCUT2D eigenvalue weighted by molar-refractivity contribution is -0.121. The first-order valence-electron chi connectivity index (χ1n) is 12.1. The van der Waals surface area contributed by atoms with E-state index in [9.17, 15) is 4.79 Å². The monoisotopic (exact) mass is 638 g/mol. The Kier molecular flexibility index (Phi) is 9.22.